The summed E-state index contributed by atoms with van der Waals surface area (Å²) < 4.78 is 31.3. The highest BCUT2D eigenvalue weighted by molar-refractivity contribution is 7.89. The quantitative estimate of drug-likeness (QED) is 0.432. The molecule has 0 N–H and O–H groups in total. The maximum atomic E-state index is 12.6. The van der Waals surface area contributed by atoms with Crippen LogP contribution in [0.3, 0.4) is 0 Å². The highest BCUT2D eigenvalue weighted by Crippen LogP contribution is 2.16. The third-order valence-corrected chi connectivity index (χ3v) is 6.43. The van der Waals surface area contributed by atoms with Gasteiger partial charge in [0.15, 0.2) is 11.9 Å². The predicted octanol–water partition coefficient (Wildman–Crippen LogP) is 2.10. The van der Waals surface area contributed by atoms with Gasteiger partial charge < -0.3 is 9.64 Å². The smallest absolute Gasteiger partial charge is 0.322 e. The van der Waals surface area contributed by atoms with Gasteiger partial charge in [0.05, 0.1) is 4.90 Å². The molecule has 0 saturated heterocycles. The topological polar surface area (TPSA) is 101 Å². The van der Waals surface area contributed by atoms with Crippen molar-refractivity contribution in [2.45, 2.75) is 31.4 Å². The van der Waals surface area contributed by atoms with Gasteiger partial charge in [0.25, 0.3) is 5.91 Å². The minimum Gasteiger partial charge on any atom is -0.452 e. The first-order chi connectivity index (χ1) is 14.5. The van der Waals surface area contributed by atoms with Crippen LogP contribution in [0.4, 0.5) is 0 Å². The molecule has 1 atom stereocenters. The molecule has 0 aliphatic heterocycles. The molecule has 0 fully saturated rings. The van der Waals surface area contributed by atoms with Crippen molar-refractivity contribution in [3.63, 3.8) is 0 Å². The Balaban J connectivity index is 1.95. The molecule has 0 heterocycles. The fourth-order valence-corrected chi connectivity index (χ4v) is 3.95. The normalized spacial score (nSPS) is 12.3. The van der Waals surface area contributed by atoms with Crippen molar-refractivity contribution in [1.82, 2.24) is 9.21 Å². The fourth-order valence-electron chi connectivity index (χ4n) is 2.84. The average Bonchev–Trinajstić information content (AvgIpc) is 2.73. The van der Waals surface area contributed by atoms with Crippen LogP contribution in [0.15, 0.2) is 59.5 Å². The van der Waals surface area contributed by atoms with Crippen molar-refractivity contribution in [2.24, 2.45) is 0 Å². The summed E-state index contributed by atoms with van der Waals surface area (Å²) in [5.74, 6) is -1.43. The van der Waals surface area contributed by atoms with Gasteiger partial charge in [-0.2, -0.15) is 4.31 Å². The van der Waals surface area contributed by atoms with Crippen molar-refractivity contribution in [3.05, 3.63) is 65.7 Å². The van der Waals surface area contributed by atoms with Crippen molar-refractivity contribution in [1.29, 1.82) is 0 Å². The van der Waals surface area contributed by atoms with Crippen LogP contribution in [0, 0.1) is 0 Å². The van der Waals surface area contributed by atoms with Gasteiger partial charge in [-0.1, -0.05) is 42.5 Å². The summed E-state index contributed by atoms with van der Waals surface area (Å²) in [5, 5.41) is 0. The predicted molar refractivity (Wildman–Crippen MR) is 115 cm³/mol. The molecule has 1 unspecified atom stereocenters. The number of ketones is 1. The Kier molecular flexibility index (Phi) is 8.07. The number of esters is 1. The zero-order chi connectivity index (χ0) is 23.2. The van der Waals surface area contributed by atoms with E-state index in [1.54, 1.807) is 7.05 Å². The van der Waals surface area contributed by atoms with Crippen LogP contribution in [0.2, 0.25) is 0 Å². The Labute approximate surface area is 182 Å². The van der Waals surface area contributed by atoms with Gasteiger partial charge in [-0.05, 0) is 31.5 Å². The minimum absolute atomic E-state index is 0.0560. The maximum Gasteiger partial charge on any atom is 0.322 e. The van der Waals surface area contributed by atoms with E-state index in [2.05, 4.69) is 0 Å². The van der Waals surface area contributed by atoms with Gasteiger partial charge in [-0.3, -0.25) is 14.4 Å². The van der Waals surface area contributed by atoms with E-state index in [-0.39, 0.29) is 10.7 Å². The number of carbonyl (C=O) groups is 3. The Morgan fingerprint density at radius 3 is 2.10 bits per heavy atom. The first kappa shape index (κ1) is 24.2. The second kappa shape index (κ2) is 10.3. The van der Waals surface area contributed by atoms with Crippen LogP contribution in [0.1, 0.15) is 29.8 Å². The second-order valence-electron chi connectivity index (χ2n) is 7.15. The molecule has 0 aliphatic carbocycles. The number of sulfonamides is 1. The number of benzene rings is 2. The summed E-state index contributed by atoms with van der Waals surface area (Å²) in [4.78, 5) is 37.4. The Morgan fingerprint density at radius 1 is 0.968 bits per heavy atom. The van der Waals surface area contributed by atoms with Gasteiger partial charge >= 0.3 is 5.97 Å². The highest BCUT2D eigenvalue weighted by Gasteiger charge is 2.27. The van der Waals surface area contributed by atoms with Crippen molar-refractivity contribution >= 4 is 27.7 Å². The second-order valence-corrected chi connectivity index (χ2v) is 9.20. The molecular weight excluding hydrogens is 420 g/mol. The number of likely N-dealkylation sites (N-methyl/N-ethyl adjacent to an activating group) is 2. The molecule has 8 nitrogen and oxygen atoms in total. The number of amides is 1. The molecule has 0 aromatic heterocycles. The average molecular weight is 447 g/mol. The molecule has 2 rings (SSSR count). The van der Waals surface area contributed by atoms with Gasteiger partial charge in [0.2, 0.25) is 10.0 Å². The number of Topliss-reactive ketones (excluding diaryl/α,β-unsaturated/α-hetero) is 1. The zero-order valence-electron chi connectivity index (χ0n) is 17.9. The molecule has 166 valence electrons. The lowest BCUT2D eigenvalue weighted by molar-refractivity contribution is -0.158. The number of carbonyl (C=O) groups excluding carboxylic acids is 3. The maximum absolute atomic E-state index is 12.6. The van der Waals surface area contributed by atoms with Crippen molar-refractivity contribution in [2.75, 3.05) is 20.6 Å². The molecule has 2 aromatic carbocycles. The molecule has 31 heavy (non-hydrogen) atoms. The first-order valence-electron chi connectivity index (χ1n) is 9.58. The lowest BCUT2D eigenvalue weighted by Crippen LogP contribution is -2.40. The number of hydrogen-bond acceptors (Lipinski definition) is 6. The highest BCUT2D eigenvalue weighted by atomic mass is 32.2. The Morgan fingerprint density at radius 2 is 1.55 bits per heavy atom. The molecule has 0 radical (unpaired) electrons. The van der Waals surface area contributed by atoms with Crippen LogP contribution in [0.25, 0.3) is 0 Å². The van der Waals surface area contributed by atoms with E-state index >= 15 is 0 Å². The Bertz CT molecular complexity index is 1040. The molecule has 2 aromatic rings. The number of nitrogens with zero attached hydrogens (tertiary/aromatic N) is 2. The van der Waals surface area contributed by atoms with E-state index in [0.29, 0.717) is 12.1 Å². The van der Waals surface area contributed by atoms with E-state index in [4.69, 9.17) is 4.74 Å². The van der Waals surface area contributed by atoms with E-state index in [9.17, 15) is 22.8 Å². The summed E-state index contributed by atoms with van der Waals surface area (Å²) in [5.41, 5.74) is 1.31. The van der Waals surface area contributed by atoms with Gasteiger partial charge in [-0.15, -0.1) is 0 Å². The largest absolute Gasteiger partial charge is 0.452 e. The number of ether oxygens (including phenoxy) is 1. The monoisotopic (exact) mass is 446 g/mol. The summed E-state index contributed by atoms with van der Waals surface area (Å²) in [7, 11) is -1.13. The van der Waals surface area contributed by atoms with E-state index in [0.717, 1.165) is 9.87 Å². The summed E-state index contributed by atoms with van der Waals surface area (Å²) >= 11 is 0. The minimum atomic E-state index is -3.96. The van der Waals surface area contributed by atoms with Crippen LogP contribution in [-0.2, 0) is 30.9 Å². The lowest BCUT2D eigenvalue weighted by Gasteiger charge is -2.22. The van der Waals surface area contributed by atoms with Crippen LogP contribution < -0.4 is 0 Å². The first-order valence-corrected chi connectivity index (χ1v) is 11.0. The third kappa shape index (κ3) is 6.47. The number of rotatable bonds is 9. The molecular formula is C22H26N2O6S. The summed E-state index contributed by atoms with van der Waals surface area (Å²) in [6, 6.07) is 14.8. The number of hydrogen-bond donors (Lipinski definition) is 0. The molecule has 9 heteroatoms. The van der Waals surface area contributed by atoms with E-state index < -0.39 is 34.5 Å². The standard InChI is InChI=1S/C22H26N2O6S/c1-16(25)19-10-12-20(13-11-19)31(28,29)24(4)15-21(26)30-17(2)22(27)23(3)14-18-8-6-5-7-9-18/h5-13,17H,14-15H2,1-4H3. The van der Waals surface area contributed by atoms with Gasteiger partial charge in [0, 0.05) is 26.2 Å². The van der Waals surface area contributed by atoms with Crippen molar-refractivity contribution < 1.29 is 27.5 Å². The third-order valence-electron chi connectivity index (χ3n) is 4.62. The van der Waals surface area contributed by atoms with Crippen LogP contribution in [-0.4, -0.2) is 62.0 Å². The molecule has 0 bridgehead atoms. The van der Waals surface area contributed by atoms with Crippen LogP contribution in [0.5, 0.6) is 0 Å². The zero-order valence-corrected chi connectivity index (χ0v) is 18.8. The van der Waals surface area contributed by atoms with Crippen LogP contribution >= 0.6 is 0 Å². The van der Waals surface area contributed by atoms with E-state index in [1.807, 2.05) is 30.3 Å². The van der Waals surface area contributed by atoms with Gasteiger partial charge in [-0.25, -0.2) is 8.42 Å². The molecule has 0 saturated carbocycles. The lowest BCUT2D eigenvalue weighted by atomic mass is 10.2. The molecule has 0 aliphatic rings. The van der Waals surface area contributed by atoms with Crippen molar-refractivity contribution in [3.8, 4) is 0 Å². The summed E-state index contributed by atoms with van der Waals surface area (Å²) in [6.45, 7) is 2.62. The molecule has 0 spiro atoms. The van der Waals surface area contributed by atoms with Gasteiger partial charge in [0.1, 0.15) is 6.54 Å². The Hall–Kier alpha value is -3.04. The fraction of sp³-hybridized carbons (Fsp3) is 0.318. The molecule has 1 amide bonds. The summed E-state index contributed by atoms with van der Waals surface area (Å²) in [6.07, 6.45) is -1.06. The SMILES string of the molecule is CC(=O)c1ccc(S(=O)(=O)N(C)CC(=O)OC(C)C(=O)N(C)Cc2ccccc2)cc1. The van der Waals surface area contributed by atoms with E-state index in [1.165, 1.54) is 50.1 Å².